The molecule has 7 heteroatoms. The second-order valence-electron chi connectivity index (χ2n) is 4.16. The number of hydrogen-bond donors (Lipinski definition) is 0. The number of benzene rings is 1. The lowest BCUT2D eigenvalue weighted by atomic mass is 10.1. The summed E-state index contributed by atoms with van der Waals surface area (Å²) in [4.78, 5) is 12.8. The number of rotatable bonds is 4. The van der Waals surface area contributed by atoms with Crippen LogP contribution in [0.25, 0.3) is 0 Å². The Bertz CT molecular complexity index is 525. The molecule has 20 heavy (non-hydrogen) atoms. The van der Waals surface area contributed by atoms with E-state index in [4.69, 9.17) is 16.9 Å². The van der Waals surface area contributed by atoms with Gasteiger partial charge in [-0.15, -0.1) is 11.6 Å². The number of alkyl halides is 4. The zero-order valence-electron chi connectivity index (χ0n) is 10.6. The highest BCUT2D eigenvalue weighted by Crippen LogP contribution is 2.29. The van der Waals surface area contributed by atoms with Crippen molar-refractivity contribution in [3.05, 3.63) is 35.4 Å². The van der Waals surface area contributed by atoms with Crippen LogP contribution in [0.3, 0.4) is 0 Å². The summed E-state index contributed by atoms with van der Waals surface area (Å²) >= 11 is 5.44. The van der Waals surface area contributed by atoms with Gasteiger partial charge in [-0.3, -0.25) is 4.79 Å². The van der Waals surface area contributed by atoms with E-state index >= 15 is 0 Å². The molecule has 0 aliphatic heterocycles. The molecule has 0 aliphatic carbocycles. The van der Waals surface area contributed by atoms with Gasteiger partial charge in [0.15, 0.2) is 0 Å². The lowest BCUT2D eigenvalue weighted by Crippen LogP contribution is -2.38. The summed E-state index contributed by atoms with van der Waals surface area (Å²) in [6.07, 6.45) is -4.45. The Hall–Kier alpha value is -1.74. The molecule has 0 bridgehead atoms. The van der Waals surface area contributed by atoms with Gasteiger partial charge in [-0.25, -0.2) is 0 Å². The first-order valence-corrected chi connectivity index (χ1v) is 6.24. The molecule has 0 radical (unpaired) electrons. The van der Waals surface area contributed by atoms with E-state index < -0.39 is 23.7 Å². The summed E-state index contributed by atoms with van der Waals surface area (Å²) in [6.45, 7) is 1.39. The summed E-state index contributed by atoms with van der Waals surface area (Å²) in [5.74, 6) is -0.830. The quantitative estimate of drug-likeness (QED) is 0.802. The molecule has 3 nitrogen and oxygen atoms in total. The number of hydrogen-bond acceptors (Lipinski definition) is 2. The van der Waals surface area contributed by atoms with Gasteiger partial charge in [0, 0.05) is 6.54 Å². The van der Waals surface area contributed by atoms with Gasteiger partial charge in [0.05, 0.1) is 11.6 Å². The van der Waals surface area contributed by atoms with Crippen LogP contribution in [-0.2, 0) is 17.5 Å². The van der Waals surface area contributed by atoms with E-state index in [1.165, 1.54) is 19.1 Å². The summed E-state index contributed by atoms with van der Waals surface area (Å²) in [6, 6.07) is 5.74. The smallest absolute Gasteiger partial charge is 0.322 e. The van der Waals surface area contributed by atoms with Crippen molar-refractivity contribution in [1.29, 1.82) is 5.26 Å². The Morgan fingerprint density at radius 3 is 2.65 bits per heavy atom. The highest BCUT2D eigenvalue weighted by atomic mass is 35.5. The highest BCUT2D eigenvalue weighted by molar-refractivity contribution is 6.27. The van der Waals surface area contributed by atoms with Crippen LogP contribution in [0.15, 0.2) is 24.3 Å². The van der Waals surface area contributed by atoms with Crippen LogP contribution >= 0.6 is 11.6 Å². The maximum Gasteiger partial charge on any atom is 0.416 e. The second-order valence-corrected chi connectivity index (χ2v) is 4.43. The van der Waals surface area contributed by atoms with E-state index in [2.05, 4.69) is 0 Å². The van der Waals surface area contributed by atoms with Gasteiger partial charge in [0.25, 0.3) is 0 Å². The minimum Gasteiger partial charge on any atom is -0.322 e. The van der Waals surface area contributed by atoms with Gasteiger partial charge in [-0.2, -0.15) is 18.4 Å². The van der Waals surface area contributed by atoms with E-state index in [9.17, 15) is 18.0 Å². The molecule has 1 amide bonds. The van der Waals surface area contributed by atoms with E-state index in [-0.39, 0.29) is 12.4 Å². The van der Waals surface area contributed by atoms with Crippen LogP contribution in [-0.4, -0.2) is 22.7 Å². The minimum absolute atomic E-state index is 0.0931. The number of nitriles is 1. The average molecular weight is 305 g/mol. The van der Waals surface area contributed by atoms with E-state index in [1.54, 1.807) is 0 Å². The van der Waals surface area contributed by atoms with E-state index in [0.29, 0.717) is 5.56 Å². The van der Waals surface area contributed by atoms with Crippen LogP contribution in [0.5, 0.6) is 0 Å². The summed E-state index contributed by atoms with van der Waals surface area (Å²) in [7, 11) is 0. The molecule has 1 aromatic rings. The molecule has 0 N–H and O–H groups in total. The zero-order valence-corrected chi connectivity index (χ0v) is 11.4. The first-order chi connectivity index (χ1) is 9.29. The van der Waals surface area contributed by atoms with Gasteiger partial charge in [-0.1, -0.05) is 12.1 Å². The fourth-order valence-corrected chi connectivity index (χ4v) is 1.78. The Morgan fingerprint density at radius 1 is 1.50 bits per heavy atom. The molecule has 1 rings (SSSR count). The fraction of sp³-hybridized carbons (Fsp3) is 0.385. The molecule has 0 saturated carbocycles. The predicted molar refractivity (Wildman–Crippen MR) is 67.8 cm³/mol. The Morgan fingerprint density at radius 2 is 2.15 bits per heavy atom. The van der Waals surface area contributed by atoms with Crippen molar-refractivity contribution in [1.82, 2.24) is 4.90 Å². The molecular weight excluding hydrogens is 293 g/mol. The van der Waals surface area contributed by atoms with Crippen LogP contribution in [0, 0.1) is 11.3 Å². The molecule has 0 aliphatic rings. The maximum atomic E-state index is 12.6. The SMILES string of the molecule is CC(C#N)N(Cc1cccc(C(F)(F)F)c1)C(=O)CCl. The van der Waals surface area contributed by atoms with E-state index in [0.717, 1.165) is 17.0 Å². The van der Waals surface area contributed by atoms with Gasteiger partial charge < -0.3 is 4.90 Å². The molecule has 0 heterocycles. The molecule has 0 spiro atoms. The van der Waals surface area contributed by atoms with Gasteiger partial charge in [-0.05, 0) is 24.6 Å². The minimum atomic E-state index is -4.45. The molecule has 1 unspecified atom stereocenters. The van der Waals surface area contributed by atoms with Crippen molar-refractivity contribution in [3.63, 3.8) is 0 Å². The highest BCUT2D eigenvalue weighted by Gasteiger charge is 2.30. The summed E-state index contributed by atoms with van der Waals surface area (Å²) in [5, 5.41) is 8.84. The summed E-state index contributed by atoms with van der Waals surface area (Å²) < 4.78 is 37.8. The molecule has 1 atom stereocenters. The average Bonchev–Trinajstić information content (AvgIpc) is 2.42. The molecule has 108 valence electrons. The van der Waals surface area contributed by atoms with Crippen LogP contribution in [0.2, 0.25) is 0 Å². The lowest BCUT2D eigenvalue weighted by molar-refractivity contribution is -0.137. The molecular formula is C13H12ClF3N2O. The molecule has 0 aromatic heterocycles. The van der Waals surface area contributed by atoms with Crippen LogP contribution < -0.4 is 0 Å². The van der Waals surface area contributed by atoms with Gasteiger partial charge in [0.2, 0.25) is 5.91 Å². The first-order valence-electron chi connectivity index (χ1n) is 5.70. The Kier molecular flexibility index (Phi) is 5.40. The van der Waals surface area contributed by atoms with Gasteiger partial charge >= 0.3 is 6.18 Å². The third-order valence-electron chi connectivity index (χ3n) is 2.70. The number of carbonyl (C=O) groups excluding carboxylic acids is 1. The first kappa shape index (κ1) is 16.3. The fourth-order valence-electron chi connectivity index (χ4n) is 1.63. The lowest BCUT2D eigenvalue weighted by Gasteiger charge is -2.24. The predicted octanol–water partition coefficient (Wildman–Crippen LogP) is 3.18. The van der Waals surface area contributed by atoms with Crippen molar-refractivity contribution in [3.8, 4) is 6.07 Å². The molecule has 1 aromatic carbocycles. The summed E-state index contributed by atoms with van der Waals surface area (Å²) in [5.41, 5.74) is -0.502. The second kappa shape index (κ2) is 6.62. The monoisotopic (exact) mass is 304 g/mol. The van der Waals surface area contributed by atoms with Crippen molar-refractivity contribution < 1.29 is 18.0 Å². The number of carbonyl (C=O) groups is 1. The number of nitrogens with zero attached hydrogens (tertiary/aromatic N) is 2. The Balaban J connectivity index is 3.01. The molecule has 0 fully saturated rings. The van der Waals surface area contributed by atoms with E-state index in [1.807, 2.05) is 6.07 Å². The zero-order chi connectivity index (χ0) is 15.3. The third kappa shape index (κ3) is 4.14. The standard InChI is InChI=1S/C13H12ClF3N2O/c1-9(7-18)19(12(20)6-14)8-10-3-2-4-11(5-10)13(15,16)17/h2-5,9H,6,8H2,1H3. The largest absolute Gasteiger partial charge is 0.416 e. The van der Waals surface area contributed by atoms with Crippen molar-refractivity contribution in [2.75, 3.05) is 5.88 Å². The van der Waals surface area contributed by atoms with Gasteiger partial charge in [0.1, 0.15) is 11.9 Å². The van der Waals surface area contributed by atoms with Crippen molar-refractivity contribution in [2.24, 2.45) is 0 Å². The number of halogens is 4. The van der Waals surface area contributed by atoms with Crippen LogP contribution in [0.4, 0.5) is 13.2 Å². The normalized spacial score (nSPS) is 12.6. The van der Waals surface area contributed by atoms with Crippen molar-refractivity contribution in [2.45, 2.75) is 25.7 Å². The topological polar surface area (TPSA) is 44.1 Å². The molecule has 0 saturated heterocycles. The maximum absolute atomic E-state index is 12.6. The van der Waals surface area contributed by atoms with Crippen LogP contribution in [0.1, 0.15) is 18.1 Å². The van der Waals surface area contributed by atoms with Crippen molar-refractivity contribution >= 4 is 17.5 Å². The number of amides is 1. The third-order valence-corrected chi connectivity index (χ3v) is 2.92. The Labute approximate surface area is 119 Å².